The molecule has 0 bridgehead atoms. The molecule has 1 aliphatic heterocycles. The lowest BCUT2D eigenvalue weighted by Gasteiger charge is -2.39. The minimum Gasteiger partial charge on any atom is -0.389 e. The van der Waals surface area contributed by atoms with Crippen LogP contribution < -0.4 is 10.6 Å². The summed E-state index contributed by atoms with van der Waals surface area (Å²) in [7, 11) is 0. The first-order valence-corrected chi connectivity index (χ1v) is 11.2. The van der Waals surface area contributed by atoms with Crippen molar-refractivity contribution in [2.24, 2.45) is 5.41 Å². The van der Waals surface area contributed by atoms with Crippen molar-refractivity contribution in [3.05, 3.63) is 34.9 Å². The average Bonchev–Trinajstić information content (AvgIpc) is 3.16. The molecule has 1 amide bonds. The highest BCUT2D eigenvalue weighted by Gasteiger charge is 2.54. The third-order valence-electron chi connectivity index (χ3n) is 6.91. The van der Waals surface area contributed by atoms with Crippen LogP contribution in [0.5, 0.6) is 0 Å². The van der Waals surface area contributed by atoms with Gasteiger partial charge in [-0.2, -0.15) is 26.3 Å². The zero-order valence-electron chi connectivity index (χ0n) is 19.1. The number of alkyl halides is 6. The first kappa shape index (κ1) is 26.7. The molecule has 1 aromatic rings. The quantitative estimate of drug-likeness (QED) is 0.510. The summed E-state index contributed by atoms with van der Waals surface area (Å²) in [5, 5.41) is 16.8. The van der Waals surface area contributed by atoms with Crippen molar-refractivity contribution in [3.63, 3.8) is 0 Å². The van der Waals surface area contributed by atoms with Gasteiger partial charge in [-0.1, -0.05) is 0 Å². The van der Waals surface area contributed by atoms with Gasteiger partial charge in [0.25, 0.3) is 0 Å². The Morgan fingerprint density at radius 1 is 1.00 bits per heavy atom. The number of amides is 1. The summed E-state index contributed by atoms with van der Waals surface area (Å²) in [5.74, 6) is -0.595. The third kappa shape index (κ3) is 6.04. The van der Waals surface area contributed by atoms with Crippen molar-refractivity contribution in [2.45, 2.75) is 82.5 Å². The lowest BCUT2D eigenvalue weighted by atomic mass is 9.71. The number of aliphatic hydroxyl groups is 1. The number of carbonyl (C=O) groups is 1. The van der Waals surface area contributed by atoms with Gasteiger partial charge in [-0.15, -0.1) is 0 Å². The minimum absolute atomic E-state index is 0.0488. The molecule has 1 saturated carbocycles. The molecule has 192 valence electrons. The Hall–Kier alpha value is -1.85. The molecule has 0 spiro atoms. The van der Waals surface area contributed by atoms with Crippen LogP contribution in [-0.2, 0) is 28.4 Å². The summed E-state index contributed by atoms with van der Waals surface area (Å²) in [5.41, 5.74) is -5.88. The number of rotatable bonds is 6. The predicted molar refractivity (Wildman–Crippen MR) is 112 cm³/mol. The average molecular weight is 496 g/mol. The molecule has 1 aliphatic carbocycles. The lowest BCUT2D eigenvalue weighted by Crippen LogP contribution is -2.53. The molecule has 2 fully saturated rings. The maximum atomic E-state index is 13.2. The molecule has 34 heavy (non-hydrogen) atoms. The monoisotopic (exact) mass is 496 g/mol. The molecule has 0 radical (unpaired) electrons. The normalized spacial score (nSPS) is 24.9. The molecule has 1 saturated heterocycles. The van der Waals surface area contributed by atoms with Crippen LogP contribution in [0.3, 0.4) is 0 Å². The number of benzene rings is 1. The smallest absolute Gasteiger partial charge is 0.389 e. The second kappa shape index (κ2) is 9.66. The first-order chi connectivity index (χ1) is 15.6. The summed E-state index contributed by atoms with van der Waals surface area (Å²) >= 11 is 0. The fraction of sp³-hybridized carbons (Fsp3) is 0.696. The van der Waals surface area contributed by atoms with Crippen molar-refractivity contribution < 1.29 is 41.0 Å². The molecule has 1 aromatic carbocycles. The van der Waals surface area contributed by atoms with Crippen LogP contribution in [0, 0.1) is 5.41 Å². The molecular formula is C23H30F6N2O3. The van der Waals surface area contributed by atoms with Gasteiger partial charge >= 0.3 is 12.4 Å². The van der Waals surface area contributed by atoms with Gasteiger partial charge < -0.3 is 20.5 Å². The van der Waals surface area contributed by atoms with Crippen LogP contribution in [0.15, 0.2) is 18.2 Å². The fourth-order valence-corrected chi connectivity index (χ4v) is 4.90. The number of ether oxygens (including phenoxy) is 1. The maximum Gasteiger partial charge on any atom is 0.416 e. The van der Waals surface area contributed by atoms with E-state index in [-0.39, 0.29) is 23.7 Å². The van der Waals surface area contributed by atoms with E-state index in [0.29, 0.717) is 44.6 Å². The Labute approximate surface area is 194 Å². The van der Waals surface area contributed by atoms with E-state index in [4.69, 9.17) is 4.74 Å². The van der Waals surface area contributed by atoms with Crippen molar-refractivity contribution in [3.8, 4) is 0 Å². The molecule has 3 rings (SSSR count). The maximum absolute atomic E-state index is 13.2. The van der Waals surface area contributed by atoms with Crippen molar-refractivity contribution in [1.29, 1.82) is 0 Å². The van der Waals surface area contributed by atoms with Crippen molar-refractivity contribution in [2.75, 3.05) is 13.2 Å². The zero-order chi connectivity index (χ0) is 25.4. The van der Waals surface area contributed by atoms with Gasteiger partial charge in [0.05, 0.1) is 22.1 Å². The second-order valence-electron chi connectivity index (χ2n) is 9.73. The number of hydrogen-bond acceptors (Lipinski definition) is 4. The number of hydrogen-bond donors (Lipinski definition) is 3. The van der Waals surface area contributed by atoms with Gasteiger partial charge in [0.2, 0.25) is 5.91 Å². The minimum atomic E-state index is -4.97. The molecule has 11 heteroatoms. The van der Waals surface area contributed by atoms with Crippen LogP contribution in [0.1, 0.15) is 62.6 Å². The Morgan fingerprint density at radius 3 is 2.06 bits per heavy atom. The molecule has 2 atom stereocenters. The van der Waals surface area contributed by atoms with Gasteiger partial charge in [-0.05, 0) is 69.7 Å². The summed E-state index contributed by atoms with van der Waals surface area (Å²) in [6, 6.07) is 1.41. The lowest BCUT2D eigenvalue weighted by molar-refractivity contribution is -0.146. The third-order valence-corrected chi connectivity index (χ3v) is 6.91. The Balaban J connectivity index is 1.76. The van der Waals surface area contributed by atoms with E-state index in [1.54, 1.807) is 0 Å². The Kier molecular flexibility index (Phi) is 7.60. The predicted octanol–water partition coefficient (Wildman–Crippen LogP) is 4.42. The summed E-state index contributed by atoms with van der Waals surface area (Å²) in [6.07, 6.45) is -7.04. The summed E-state index contributed by atoms with van der Waals surface area (Å²) < 4.78 is 84.1. The number of carbonyl (C=O) groups excluding carboxylic acids is 1. The molecule has 5 nitrogen and oxygen atoms in total. The second-order valence-corrected chi connectivity index (χ2v) is 9.73. The highest BCUT2D eigenvalue weighted by molar-refractivity contribution is 5.84. The standard InChI is InChI=1S/C23H30F6N2O3/c1-20(2,33)21(6-3-18(12-21)31-17-4-7-34-8-5-17)19(32)30-13-14-9-15(22(24,25)26)11-16(10-14)23(27,28)29/h9-11,17-18,31,33H,3-8,12-13H2,1-2H3,(H,30,32). The Morgan fingerprint density at radius 2 is 1.56 bits per heavy atom. The number of nitrogens with one attached hydrogen (secondary N) is 2. The molecule has 2 aliphatic rings. The summed E-state index contributed by atoms with van der Waals surface area (Å²) in [6.45, 7) is 3.74. The van der Waals surface area contributed by atoms with E-state index in [1.807, 2.05) is 0 Å². The largest absolute Gasteiger partial charge is 0.416 e. The van der Waals surface area contributed by atoms with Gasteiger partial charge in [0.1, 0.15) is 0 Å². The highest BCUT2D eigenvalue weighted by Crippen LogP contribution is 2.47. The molecule has 3 N–H and O–H groups in total. The van der Waals surface area contributed by atoms with E-state index in [0.717, 1.165) is 12.8 Å². The van der Waals surface area contributed by atoms with E-state index in [2.05, 4.69) is 10.6 Å². The van der Waals surface area contributed by atoms with Crippen LogP contribution in [0.2, 0.25) is 0 Å². The van der Waals surface area contributed by atoms with Crippen molar-refractivity contribution in [1.82, 2.24) is 10.6 Å². The van der Waals surface area contributed by atoms with Crippen LogP contribution in [0.25, 0.3) is 0 Å². The van der Waals surface area contributed by atoms with Gasteiger partial charge in [-0.25, -0.2) is 0 Å². The van der Waals surface area contributed by atoms with Gasteiger partial charge in [-0.3, -0.25) is 4.79 Å². The fourth-order valence-electron chi connectivity index (χ4n) is 4.90. The number of halogens is 6. The van der Waals surface area contributed by atoms with Crippen LogP contribution in [0.4, 0.5) is 26.3 Å². The SMILES string of the molecule is CC(C)(O)C1(C(=O)NCc2cc(C(F)(F)F)cc(C(F)(F)F)c2)CCC(NC2CCOCC2)C1. The highest BCUT2D eigenvalue weighted by atomic mass is 19.4. The molecule has 1 heterocycles. The van der Waals surface area contributed by atoms with Gasteiger partial charge in [0, 0.05) is 31.8 Å². The van der Waals surface area contributed by atoms with E-state index in [1.165, 1.54) is 13.8 Å². The topological polar surface area (TPSA) is 70.6 Å². The van der Waals surface area contributed by atoms with E-state index < -0.39 is 46.9 Å². The first-order valence-electron chi connectivity index (χ1n) is 11.2. The summed E-state index contributed by atoms with van der Waals surface area (Å²) in [4.78, 5) is 13.2. The van der Waals surface area contributed by atoms with Gasteiger partial charge in [0.15, 0.2) is 0 Å². The Bertz CT molecular complexity index is 843. The van der Waals surface area contributed by atoms with Crippen LogP contribution >= 0.6 is 0 Å². The van der Waals surface area contributed by atoms with E-state index >= 15 is 0 Å². The molecule has 0 aromatic heterocycles. The molecular weight excluding hydrogens is 466 g/mol. The van der Waals surface area contributed by atoms with Crippen molar-refractivity contribution >= 4 is 5.91 Å². The van der Waals surface area contributed by atoms with E-state index in [9.17, 15) is 36.2 Å². The molecule has 2 unspecified atom stereocenters. The zero-order valence-corrected chi connectivity index (χ0v) is 19.1. The van der Waals surface area contributed by atoms with Crippen LogP contribution in [-0.4, -0.2) is 41.9 Å².